The number of nitrogens with one attached hydrogen (secondary N) is 2. The highest BCUT2D eigenvalue weighted by molar-refractivity contribution is 5.97. The van der Waals surface area contributed by atoms with Crippen LogP contribution in [0.15, 0.2) is 47.5 Å². The minimum absolute atomic E-state index is 0. The number of hydrogen-bond donors (Lipinski definition) is 2. The van der Waals surface area contributed by atoms with Gasteiger partial charge < -0.3 is 24.5 Å². The lowest BCUT2D eigenvalue weighted by Gasteiger charge is -2.27. The molecule has 2 saturated heterocycles. The molecule has 0 saturated carbocycles. The maximum atomic E-state index is 13.1. The number of hydrogen-bond acceptors (Lipinski definition) is 4. The first-order valence-electron chi connectivity index (χ1n) is 11.4. The molecule has 2 amide bonds. The number of aromatic nitrogens is 2. The molecule has 0 aliphatic carbocycles. The summed E-state index contributed by atoms with van der Waals surface area (Å²) in [6, 6.07) is 9.84. The molecule has 0 atom stereocenters. The molecule has 2 aliphatic rings. The number of alkyl halides is 3. The van der Waals surface area contributed by atoms with E-state index in [4.69, 9.17) is 4.74 Å². The first kappa shape index (κ1) is 25.9. The van der Waals surface area contributed by atoms with Gasteiger partial charge in [-0.05, 0) is 62.3 Å². The molecule has 2 N–H and O–H groups in total. The third kappa shape index (κ3) is 5.18. The van der Waals surface area contributed by atoms with Crippen molar-refractivity contribution in [1.82, 2.24) is 14.9 Å². The SMILES string of the molecule is Cl.O=C(/N=c1\[nH]c2cc(N3CCOCC3=O)ccc2n1C1CCNCC1)c1cccc(C(F)(F)F)c1. The number of nitrogens with zero attached hydrogens (tertiary/aromatic N) is 3. The number of piperidine rings is 1. The van der Waals surface area contributed by atoms with Crippen molar-refractivity contribution in [3.8, 4) is 0 Å². The molecule has 5 rings (SSSR count). The number of H-pyrrole nitrogens is 1. The van der Waals surface area contributed by atoms with E-state index < -0.39 is 17.6 Å². The number of morpholine rings is 1. The van der Waals surface area contributed by atoms with Crippen LogP contribution in [0.5, 0.6) is 0 Å². The van der Waals surface area contributed by atoms with Crippen LogP contribution < -0.4 is 15.8 Å². The maximum absolute atomic E-state index is 13.1. The summed E-state index contributed by atoms with van der Waals surface area (Å²) in [5.41, 5.74) is 1.39. The number of ether oxygens (including phenoxy) is 1. The lowest BCUT2D eigenvalue weighted by molar-refractivity contribution is -0.137. The maximum Gasteiger partial charge on any atom is 0.416 e. The molecule has 0 unspecified atom stereocenters. The van der Waals surface area contributed by atoms with Gasteiger partial charge in [-0.15, -0.1) is 12.4 Å². The van der Waals surface area contributed by atoms with Crippen LogP contribution in [0.25, 0.3) is 11.0 Å². The second-order valence-electron chi connectivity index (χ2n) is 8.59. The van der Waals surface area contributed by atoms with E-state index in [2.05, 4.69) is 15.3 Å². The Hall–Kier alpha value is -3.15. The van der Waals surface area contributed by atoms with Crippen LogP contribution in [-0.4, -0.2) is 54.2 Å². The normalized spacial score (nSPS) is 17.9. The molecule has 2 fully saturated rings. The molecule has 36 heavy (non-hydrogen) atoms. The van der Waals surface area contributed by atoms with Crippen LogP contribution in [0.4, 0.5) is 18.9 Å². The first-order valence-corrected chi connectivity index (χ1v) is 11.4. The van der Waals surface area contributed by atoms with Gasteiger partial charge in [0.25, 0.3) is 11.8 Å². The molecule has 192 valence electrons. The standard InChI is InChI=1S/C24H24F3N5O3.ClH/c25-24(26,27)16-3-1-2-15(12-16)22(34)30-23-29-19-13-18(31-10-11-35-14-21(31)33)4-5-20(19)32(23)17-6-8-28-9-7-17;/h1-5,12-13,17,28H,6-11,14H2,(H,29,30,34);1H. The van der Waals surface area contributed by atoms with Gasteiger partial charge in [-0.3, -0.25) is 9.59 Å². The van der Waals surface area contributed by atoms with E-state index >= 15 is 0 Å². The molecule has 2 aromatic carbocycles. The molecule has 3 heterocycles. The number of rotatable bonds is 3. The average Bonchev–Trinajstić information content (AvgIpc) is 3.21. The smallest absolute Gasteiger partial charge is 0.370 e. The third-order valence-corrected chi connectivity index (χ3v) is 6.33. The van der Waals surface area contributed by atoms with Crippen LogP contribution >= 0.6 is 12.4 Å². The molecular weight excluding hydrogens is 499 g/mol. The number of imidazole rings is 1. The van der Waals surface area contributed by atoms with Gasteiger partial charge in [0.05, 0.1) is 23.2 Å². The van der Waals surface area contributed by atoms with Crippen molar-refractivity contribution >= 4 is 40.9 Å². The van der Waals surface area contributed by atoms with Gasteiger partial charge in [-0.1, -0.05) is 6.07 Å². The fourth-order valence-electron chi connectivity index (χ4n) is 4.59. The Morgan fingerprint density at radius 2 is 1.89 bits per heavy atom. The van der Waals surface area contributed by atoms with Gasteiger partial charge in [0.15, 0.2) is 0 Å². The van der Waals surface area contributed by atoms with Crippen molar-refractivity contribution in [1.29, 1.82) is 0 Å². The van der Waals surface area contributed by atoms with Gasteiger partial charge in [0.1, 0.15) is 6.61 Å². The van der Waals surface area contributed by atoms with Crippen LogP contribution in [-0.2, 0) is 15.7 Å². The van der Waals surface area contributed by atoms with Crippen LogP contribution in [0, 0.1) is 0 Å². The van der Waals surface area contributed by atoms with Crippen molar-refractivity contribution in [2.75, 3.05) is 37.7 Å². The van der Waals surface area contributed by atoms with Gasteiger partial charge in [-0.25, -0.2) is 0 Å². The van der Waals surface area contributed by atoms with E-state index in [-0.39, 0.29) is 42.1 Å². The number of benzene rings is 2. The predicted molar refractivity (Wildman–Crippen MR) is 129 cm³/mol. The second-order valence-corrected chi connectivity index (χ2v) is 8.59. The largest absolute Gasteiger partial charge is 0.416 e. The number of carbonyl (C=O) groups excluding carboxylic acids is 2. The lowest BCUT2D eigenvalue weighted by Crippen LogP contribution is -2.41. The van der Waals surface area contributed by atoms with E-state index in [1.54, 1.807) is 4.90 Å². The zero-order valence-electron chi connectivity index (χ0n) is 19.2. The zero-order chi connectivity index (χ0) is 24.6. The molecule has 12 heteroatoms. The monoisotopic (exact) mass is 523 g/mol. The topological polar surface area (TPSA) is 91.7 Å². The van der Waals surface area contributed by atoms with Gasteiger partial charge >= 0.3 is 6.18 Å². The summed E-state index contributed by atoms with van der Waals surface area (Å²) in [7, 11) is 0. The summed E-state index contributed by atoms with van der Waals surface area (Å²) in [6.45, 7) is 2.49. The minimum atomic E-state index is -4.56. The molecule has 0 spiro atoms. The molecule has 3 aromatic rings. The Balaban J connectivity index is 0.00000304. The summed E-state index contributed by atoms with van der Waals surface area (Å²) >= 11 is 0. The number of amides is 2. The summed E-state index contributed by atoms with van der Waals surface area (Å²) in [4.78, 5) is 34.2. The Bertz CT molecular complexity index is 1340. The number of anilines is 1. The average molecular weight is 524 g/mol. The molecule has 2 aliphatic heterocycles. The quantitative estimate of drug-likeness (QED) is 0.550. The zero-order valence-corrected chi connectivity index (χ0v) is 20.0. The third-order valence-electron chi connectivity index (χ3n) is 6.33. The highest BCUT2D eigenvalue weighted by Crippen LogP contribution is 2.30. The van der Waals surface area contributed by atoms with Gasteiger partial charge in [0, 0.05) is 23.8 Å². The summed E-state index contributed by atoms with van der Waals surface area (Å²) in [5.74, 6) is -0.910. The van der Waals surface area contributed by atoms with E-state index in [1.807, 2.05) is 22.8 Å². The van der Waals surface area contributed by atoms with Crippen LogP contribution in [0.1, 0.15) is 34.8 Å². The minimum Gasteiger partial charge on any atom is -0.370 e. The number of aromatic amines is 1. The predicted octanol–water partition coefficient (Wildman–Crippen LogP) is 3.44. The summed E-state index contributed by atoms with van der Waals surface area (Å²) in [6.07, 6.45) is -2.94. The van der Waals surface area contributed by atoms with E-state index in [0.717, 1.165) is 43.6 Å². The Labute approximate surface area is 210 Å². The Morgan fingerprint density at radius 3 is 2.61 bits per heavy atom. The van der Waals surface area contributed by atoms with Crippen LogP contribution in [0.2, 0.25) is 0 Å². The van der Waals surface area contributed by atoms with Crippen LogP contribution in [0.3, 0.4) is 0 Å². The molecule has 1 aromatic heterocycles. The molecule has 0 radical (unpaired) electrons. The lowest BCUT2D eigenvalue weighted by atomic mass is 10.1. The fraction of sp³-hybridized carbons (Fsp3) is 0.375. The number of halogens is 4. The second kappa shape index (κ2) is 10.5. The van der Waals surface area contributed by atoms with Crippen molar-refractivity contribution in [2.45, 2.75) is 25.1 Å². The number of carbonyl (C=O) groups is 2. The molecule has 8 nitrogen and oxygen atoms in total. The van der Waals surface area contributed by atoms with Crippen molar-refractivity contribution in [3.63, 3.8) is 0 Å². The molecule has 0 bridgehead atoms. The van der Waals surface area contributed by atoms with Crippen molar-refractivity contribution < 1.29 is 27.5 Å². The van der Waals surface area contributed by atoms with E-state index in [1.165, 1.54) is 12.1 Å². The highest BCUT2D eigenvalue weighted by Gasteiger charge is 2.31. The number of fused-ring (bicyclic) bond motifs is 1. The van der Waals surface area contributed by atoms with Crippen molar-refractivity contribution in [3.05, 3.63) is 59.2 Å². The van der Waals surface area contributed by atoms with E-state index in [0.29, 0.717) is 24.4 Å². The Morgan fingerprint density at radius 1 is 1.11 bits per heavy atom. The summed E-state index contributed by atoms with van der Waals surface area (Å²) in [5, 5.41) is 3.30. The van der Waals surface area contributed by atoms with Gasteiger partial charge in [-0.2, -0.15) is 18.2 Å². The first-order chi connectivity index (χ1) is 16.8. The summed E-state index contributed by atoms with van der Waals surface area (Å²) < 4.78 is 46.5. The Kier molecular flexibility index (Phi) is 7.53. The highest BCUT2D eigenvalue weighted by atomic mass is 35.5. The fourth-order valence-corrected chi connectivity index (χ4v) is 4.59. The molecular formula is C24H25ClF3N5O3. The van der Waals surface area contributed by atoms with Gasteiger partial charge in [0.2, 0.25) is 5.62 Å². The van der Waals surface area contributed by atoms with Crippen molar-refractivity contribution in [2.24, 2.45) is 4.99 Å². The van der Waals surface area contributed by atoms with E-state index in [9.17, 15) is 22.8 Å².